The molecule has 0 spiro atoms. The second kappa shape index (κ2) is 16.2. The van der Waals surface area contributed by atoms with E-state index in [-0.39, 0.29) is 5.41 Å². The smallest absolute Gasteiger partial charge is 0.00303 e. The maximum Gasteiger partial charge on any atom is 0.00303 e. The molecule has 6 atom stereocenters. The molecule has 0 aromatic carbocycles. The Morgan fingerprint density at radius 1 is 0.765 bits per heavy atom. The highest BCUT2D eigenvalue weighted by Gasteiger charge is 2.19. The van der Waals surface area contributed by atoms with Crippen LogP contribution in [0.15, 0.2) is 72.9 Å². The van der Waals surface area contributed by atoms with E-state index in [0.717, 1.165) is 19.3 Å². The monoisotopic (exact) mass is 466 g/mol. The maximum absolute atomic E-state index is 4.38. The van der Waals surface area contributed by atoms with Gasteiger partial charge in [0.15, 0.2) is 0 Å². The van der Waals surface area contributed by atoms with Gasteiger partial charge in [-0.25, -0.2) is 0 Å². The van der Waals surface area contributed by atoms with Crippen LogP contribution < -0.4 is 0 Å². The van der Waals surface area contributed by atoms with Crippen molar-refractivity contribution >= 4 is 0 Å². The fraction of sp³-hybridized carbons (Fsp3) is 0.647. The predicted octanol–water partition coefficient (Wildman–Crippen LogP) is 11.3. The van der Waals surface area contributed by atoms with Crippen molar-refractivity contribution in [1.29, 1.82) is 0 Å². The molecule has 0 bridgehead atoms. The first-order chi connectivity index (χ1) is 15.7. The topological polar surface area (TPSA) is 0 Å². The molecule has 0 fully saturated rings. The van der Waals surface area contributed by atoms with Crippen LogP contribution in [0, 0.1) is 35.0 Å². The van der Waals surface area contributed by atoms with Gasteiger partial charge in [0.25, 0.3) is 0 Å². The minimum Gasteiger partial charge on any atom is -0.102 e. The van der Waals surface area contributed by atoms with Crippen molar-refractivity contribution in [3.8, 4) is 0 Å². The summed E-state index contributed by atoms with van der Waals surface area (Å²) in [4.78, 5) is 0. The predicted molar refractivity (Wildman–Crippen MR) is 158 cm³/mol. The Bertz CT molecular complexity index is 714. The first-order valence-corrected chi connectivity index (χ1v) is 13.7. The van der Waals surface area contributed by atoms with E-state index < -0.39 is 0 Å². The van der Waals surface area contributed by atoms with Gasteiger partial charge in [0.05, 0.1) is 0 Å². The van der Waals surface area contributed by atoms with Crippen LogP contribution in [-0.4, -0.2) is 0 Å². The van der Waals surface area contributed by atoms with E-state index in [9.17, 15) is 0 Å². The lowest BCUT2D eigenvalue weighted by molar-refractivity contribution is 0.429. The molecule has 0 aliphatic rings. The van der Waals surface area contributed by atoms with E-state index >= 15 is 0 Å². The second-order valence-electron chi connectivity index (χ2n) is 11.8. The van der Waals surface area contributed by atoms with Crippen LogP contribution in [-0.2, 0) is 0 Å². The molecule has 0 aromatic heterocycles. The van der Waals surface area contributed by atoms with Crippen LogP contribution >= 0.6 is 0 Å². The number of rotatable bonds is 18. The van der Waals surface area contributed by atoms with Crippen molar-refractivity contribution < 1.29 is 0 Å². The number of hydrogen-bond acceptors (Lipinski definition) is 0. The van der Waals surface area contributed by atoms with Gasteiger partial charge in [-0.05, 0) is 95.3 Å². The largest absolute Gasteiger partial charge is 0.102 e. The minimum atomic E-state index is 0.0572. The second-order valence-corrected chi connectivity index (χ2v) is 11.8. The van der Waals surface area contributed by atoms with Crippen molar-refractivity contribution in [3.63, 3.8) is 0 Å². The third kappa shape index (κ3) is 13.4. The van der Waals surface area contributed by atoms with Gasteiger partial charge < -0.3 is 0 Å². The van der Waals surface area contributed by atoms with Crippen LogP contribution in [0.2, 0.25) is 0 Å². The summed E-state index contributed by atoms with van der Waals surface area (Å²) in [6, 6.07) is 0. The fourth-order valence-corrected chi connectivity index (χ4v) is 3.87. The Balaban J connectivity index is 4.66. The summed E-state index contributed by atoms with van der Waals surface area (Å²) in [6.07, 6.45) is 17.5. The molecule has 194 valence electrons. The van der Waals surface area contributed by atoms with Gasteiger partial charge in [0.1, 0.15) is 0 Å². The highest BCUT2D eigenvalue weighted by molar-refractivity contribution is 5.11. The van der Waals surface area contributed by atoms with E-state index in [0.29, 0.717) is 29.6 Å². The van der Waals surface area contributed by atoms with Crippen LogP contribution in [0.25, 0.3) is 0 Å². The molecule has 0 saturated heterocycles. The van der Waals surface area contributed by atoms with Gasteiger partial charge in [-0.3, -0.25) is 0 Å². The molecule has 0 heteroatoms. The average molecular weight is 467 g/mol. The highest BCUT2D eigenvalue weighted by Crippen LogP contribution is 2.32. The molecule has 0 aromatic rings. The van der Waals surface area contributed by atoms with Crippen molar-refractivity contribution in [2.24, 2.45) is 35.0 Å². The van der Waals surface area contributed by atoms with Crippen molar-refractivity contribution in [2.45, 2.75) is 107 Å². The molecule has 0 unspecified atom stereocenters. The molecule has 0 amide bonds. The molecular weight excluding hydrogens is 408 g/mol. The fourth-order valence-electron chi connectivity index (χ4n) is 3.87. The maximum atomic E-state index is 4.38. The lowest BCUT2D eigenvalue weighted by Gasteiger charge is -2.25. The molecule has 0 aliphatic carbocycles. The summed E-state index contributed by atoms with van der Waals surface area (Å²) in [5.74, 6) is 2.91. The summed E-state index contributed by atoms with van der Waals surface area (Å²) in [7, 11) is 0. The average Bonchev–Trinajstić information content (AvgIpc) is 2.80. The van der Waals surface area contributed by atoms with E-state index in [1.165, 1.54) is 48.0 Å². The summed E-state index contributed by atoms with van der Waals surface area (Å²) in [5, 5.41) is 0. The minimum absolute atomic E-state index is 0.0572. The van der Waals surface area contributed by atoms with Gasteiger partial charge in [-0.1, -0.05) is 108 Å². The van der Waals surface area contributed by atoms with E-state index in [1.807, 2.05) is 0 Å². The standard InChI is InChI=1S/C34H58/c1-14-34(13,24-22-33(12)32(11)20-18-29(8)26(4)5)23-21-27(6)15-16-30(9)31(10)19-17-28(7)25(2)3/h14,20-21,23,27-30,33H,1-2,4,10,15-19,22,24H2,3,5-9,11-13H3/b23-21+,32-20-/t27-,28+,29+,30+,33+,34-/m0/s1. The highest BCUT2D eigenvalue weighted by atomic mass is 14.2. The van der Waals surface area contributed by atoms with Gasteiger partial charge in [0, 0.05) is 5.41 Å². The Morgan fingerprint density at radius 3 is 1.88 bits per heavy atom. The molecule has 0 N–H and O–H groups in total. The van der Waals surface area contributed by atoms with Crippen molar-refractivity contribution in [2.75, 3.05) is 0 Å². The van der Waals surface area contributed by atoms with Gasteiger partial charge >= 0.3 is 0 Å². The zero-order chi connectivity index (χ0) is 26.5. The van der Waals surface area contributed by atoms with Gasteiger partial charge in [-0.15, -0.1) is 6.58 Å². The zero-order valence-corrected chi connectivity index (χ0v) is 24.5. The molecule has 0 radical (unpaired) electrons. The Hall–Kier alpha value is -1.56. The number of allylic oxidation sites excluding steroid dienone is 8. The third-order valence-electron chi connectivity index (χ3n) is 8.29. The SMILES string of the molecule is C=C[C@@](C)(/C=C/[C@@H](C)CC[C@@H](C)C(=C)CC[C@@H](C)C(=C)C)CC[C@@H](C)/C(C)=C\C[C@@H](C)C(=C)C. The molecule has 0 rings (SSSR count). The lowest BCUT2D eigenvalue weighted by Crippen LogP contribution is -2.12. The lowest BCUT2D eigenvalue weighted by atomic mass is 9.80. The zero-order valence-electron chi connectivity index (χ0n) is 24.5. The third-order valence-corrected chi connectivity index (χ3v) is 8.29. The van der Waals surface area contributed by atoms with E-state index in [1.54, 1.807) is 0 Å². The molecule has 34 heavy (non-hydrogen) atoms. The molecule has 0 aliphatic heterocycles. The first-order valence-electron chi connectivity index (χ1n) is 13.7. The number of hydrogen-bond donors (Lipinski definition) is 0. The first kappa shape index (κ1) is 32.4. The van der Waals surface area contributed by atoms with Crippen LogP contribution in [0.4, 0.5) is 0 Å². The van der Waals surface area contributed by atoms with Crippen molar-refractivity contribution in [1.82, 2.24) is 0 Å². The normalized spacial score (nSPS) is 18.6. The van der Waals surface area contributed by atoms with Crippen LogP contribution in [0.5, 0.6) is 0 Å². The van der Waals surface area contributed by atoms with Crippen LogP contribution in [0.1, 0.15) is 107 Å². The summed E-state index contributed by atoms with van der Waals surface area (Å²) < 4.78 is 0. The quantitative estimate of drug-likeness (QED) is 0.176. The summed E-state index contributed by atoms with van der Waals surface area (Å²) in [6.45, 7) is 37.2. The van der Waals surface area contributed by atoms with E-state index in [4.69, 9.17) is 0 Å². The van der Waals surface area contributed by atoms with Gasteiger partial charge in [0.2, 0.25) is 0 Å². The Morgan fingerprint density at radius 2 is 1.35 bits per heavy atom. The Kier molecular flexibility index (Phi) is 15.4. The van der Waals surface area contributed by atoms with Gasteiger partial charge in [-0.2, -0.15) is 0 Å². The van der Waals surface area contributed by atoms with Crippen LogP contribution in [0.3, 0.4) is 0 Å². The summed E-state index contributed by atoms with van der Waals surface area (Å²) >= 11 is 0. The molecule has 0 saturated carbocycles. The molecule has 0 nitrogen and oxygen atoms in total. The molecular formula is C34H58. The molecule has 0 heterocycles. The van der Waals surface area contributed by atoms with E-state index in [2.05, 4.69) is 113 Å². The summed E-state index contributed by atoms with van der Waals surface area (Å²) in [5.41, 5.74) is 5.51. The van der Waals surface area contributed by atoms with Crippen molar-refractivity contribution in [3.05, 3.63) is 72.9 Å². The Labute approximate surface area is 215 Å².